The second-order valence-corrected chi connectivity index (χ2v) is 6.89. The number of benzene rings is 3. The van der Waals surface area contributed by atoms with Crippen LogP contribution in [0.1, 0.15) is 22.8 Å². The zero-order valence-electron chi connectivity index (χ0n) is 15.8. The Morgan fingerprint density at radius 2 is 1.64 bits per heavy atom. The first-order valence-electron chi connectivity index (χ1n) is 9.13. The average Bonchev–Trinajstić information content (AvgIpc) is 2.74. The Kier molecular flexibility index (Phi) is 7.31. The molecule has 0 aliphatic carbocycles. The minimum Gasteiger partial charge on any atom is -0.493 e. The van der Waals surface area contributed by atoms with Gasteiger partial charge in [-0.15, -0.1) is 0 Å². The van der Waals surface area contributed by atoms with Crippen molar-refractivity contribution in [2.24, 2.45) is 0 Å². The van der Waals surface area contributed by atoms with Gasteiger partial charge in [0, 0.05) is 18.1 Å². The molecule has 0 bridgehead atoms. The highest BCUT2D eigenvalue weighted by Gasteiger charge is 2.09. The van der Waals surface area contributed by atoms with Gasteiger partial charge in [-0.1, -0.05) is 60.1 Å². The zero-order valence-corrected chi connectivity index (χ0v) is 16.5. The molecule has 146 valence electrons. The van der Waals surface area contributed by atoms with E-state index in [9.17, 15) is 5.11 Å². The lowest BCUT2D eigenvalue weighted by Crippen LogP contribution is -2.21. The molecule has 0 saturated heterocycles. The molecule has 0 aliphatic heterocycles. The molecule has 0 unspecified atom stereocenters. The van der Waals surface area contributed by atoms with E-state index in [-0.39, 0.29) is 0 Å². The number of halogens is 1. The lowest BCUT2D eigenvalue weighted by atomic mass is 10.1. The van der Waals surface area contributed by atoms with Crippen LogP contribution in [-0.2, 0) is 13.2 Å². The summed E-state index contributed by atoms with van der Waals surface area (Å²) in [7, 11) is 1.63. The molecule has 0 amide bonds. The molecule has 3 aromatic carbocycles. The minimum atomic E-state index is -0.537. The van der Waals surface area contributed by atoms with Crippen molar-refractivity contribution in [3.63, 3.8) is 0 Å². The third-order valence-electron chi connectivity index (χ3n) is 4.39. The lowest BCUT2D eigenvalue weighted by Gasteiger charge is -2.14. The molecule has 2 N–H and O–H groups in total. The van der Waals surface area contributed by atoms with Gasteiger partial charge in [-0.3, -0.25) is 0 Å². The third-order valence-corrected chi connectivity index (χ3v) is 4.64. The van der Waals surface area contributed by atoms with Gasteiger partial charge in [0.1, 0.15) is 6.61 Å². The van der Waals surface area contributed by atoms with Crippen LogP contribution in [0.2, 0.25) is 5.02 Å². The second-order valence-electron chi connectivity index (χ2n) is 6.46. The zero-order chi connectivity index (χ0) is 19.8. The summed E-state index contributed by atoms with van der Waals surface area (Å²) in [5, 5.41) is 14.2. The largest absolute Gasteiger partial charge is 0.493 e. The molecule has 28 heavy (non-hydrogen) atoms. The maximum Gasteiger partial charge on any atom is 0.161 e. The van der Waals surface area contributed by atoms with Crippen molar-refractivity contribution < 1.29 is 14.6 Å². The number of hydrogen-bond donors (Lipinski definition) is 2. The van der Waals surface area contributed by atoms with Gasteiger partial charge in [-0.2, -0.15) is 0 Å². The van der Waals surface area contributed by atoms with Crippen molar-refractivity contribution in [3.05, 3.63) is 94.5 Å². The van der Waals surface area contributed by atoms with E-state index >= 15 is 0 Å². The van der Waals surface area contributed by atoms with Crippen LogP contribution < -0.4 is 14.8 Å². The Labute approximate surface area is 170 Å². The first-order chi connectivity index (χ1) is 13.7. The van der Waals surface area contributed by atoms with Crippen molar-refractivity contribution in [1.29, 1.82) is 0 Å². The Morgan fingerprint density at radius 1 is 0.929 bits per heavy atom. The summed E-state index contributed by atoms with van der Waals surface area (Å²) >= 11 is 5.91. The second kappa shape index (κ2) is 10.1. The highest BCUT2D eigenvalue weighted by Crippen LogP contribution is 2.29. The number of rotatable bonds is 9. The first-order valence-corrected chi connectivity index (χ1v) is 9.51. The number of nitrogens with one attached hydrogen (secondary N) is 1. The van der Waals surface area contributed by atoms with Gasteiger partial charge in [0.2, 0.25) is 0 Å². The van der Waals surface area contributed by atoms with Gasteiger partial charge in [-0.25, -0.2) is 0 Å². The highest BCUT2D eigenvalue weighted by atomic mass is 35.5. The summed E-state index contributed by atoms with van der Waals surface area (Å²) < 4.78 is 11.3. The van der Waals surface area contributed by atoms with Crippen LogP contribution in [0.3, 0.4) is 0 Å². The van der Waals surface area contributed by atoms with E-state index in [1.807, 2.05) is 72.8 Å². The number of aliphatic hydroxyl groups excluding tert-OH is 1. The summed E-state index contributed by atoms with van der Waals surface area (Å²) in [6, 6.07) is 23.0. The molecule has 0 heterocycles. The SMILES string of the molecule is COc1cc(CNC[C@H](O)c2ccccc2)ccc1OCc1ccc(Cl)cc1. The molecule has 3 rings (SSSR count). The van der Waals surface area contributed by atoms with E-state index in [4.69, 9.17) is 21.1 Å². The Hall–Kier alpha value is -2.53. The fourth-order valence-electron chi connectivity index (χ4n) is 2.83. The molecule has 0 saturated carbocycles. The van der Waals surface area contributed by atoms with Crippen LogP contribution in [0.15, 0.2) is 72.8 Å². The molecule has 4 nitrogen and oxygen atoms in total. The summed E-state index contributed by atoms with van der Waals surface area (Å²) in [6.45, 7) is 1.53. The number of hydrogen-bond acceptors (Lipinski definition) is 4. The molecule has 3 aromatic rings. The van der Waals surface area contributed by atoms with Crippen LogP contribution in [0.25, 0.3) is 0 Å². The van der Waals surface area contributed by atoms with Gasteiger partial charge >= 0.3 is 0 Å². The predicted octanol–water partition coefficient (Wildman–Crippen LogP) is 4.75. The van der Waals surface area contributed by atoms with Crippen molar-refractivity contribution in [1.82, 2.24) is 5.32 Å². The normalized spacial score (nSPS) is 11.8. The number of methoxy groups -OCH3 is 1. The molecule has 5 heteroatoms. The molecule has 0 spiro atoms. The highest BCUT2D eigenvalue weighted by molar-refractivity contribution is 6.30. The van der Waals surface area contributed by atoms with Gasteiger partial charge in [0.25, 0.3) is 0 Å². The Morgan fingerprint density at radius 3 is 2.36 bits per heavy atom. The van der Waals surface area contributed by atoms with Crippen LogP contribution in [-0.4, -0.2) is 18.8 Å². The molecular weight excluding hydrogens is 374 g/mol. The number of aliphatic hydroxyl groups is 1. The molecule has 0 aromatic heterocycles. The maximum atomic E-state index is 10.2. The summed E-state index contributed by atoms with van der Waals surface area (Å²) in [4.78, 5) is 0. The first kappa shape index (κ1) is 20.2. The predicted molar refractivity (Wildman–Crippen MR) is 112 cm³/mol. The van der Waals surface area contributed by atoms with E-state index in [1.54, 1.807) is 7.11 Å². The molecular formula is C23H24ClNO3. The summed E-state index contributed by atoms with van der Waals surface area (Å²) in [5.41, 5.74) is 2.99. The van der Waals surface area contributed by atoms with Crippen molar-refractivity contribution in [2.45, 2.75) is 19.3 Å². The van der Waals surface area contributed by atoms with Crippen molar-refractivity contribution in [3.8, 4) is 11.5 Å². The molecule has 0 radical (unpaired) electrons. The monoisotopic (exact) mass is 397 g/mol. The van der Waals surface area contributed by atoms with E-state index in [2.05, 4.69) is 5.32 Å². The van der Waals surface area contributed by atoms with Crippen LogP contribution in [0.4, 0.5) is 0 Å². The van der Waals surface area contributed by atoms with Gasteiger partial charge in [0.15, 0.2) is 11.5 Å². The summed E-state index contributed by atoms with van der Waals surface area (Å²) in [5.74, 6) is 1.36. The van der Waals surface area contributed by atoms with Crippen LogP contribution >= 0.6 is 11.6 Å². The smallest absolute Gasteiger partial charge is 0.161 e. The van der Waals surface area contributed by atoms with E-state index in [1.165, 1.54) is 0 Å². The minimum absolute atomic E-state index is 0.439. The third kappa shape index (κ3) is 5.73. The molecule has 0 aliphatic rings. The van der Waals surface area contributed by atoms with E-state index < -0.39 is 6.10 Å². The van der Waals surface area contributed by atoms with Gasteiger partial charge in [-0.05, 0) is 41.0 Å². The van der Waals surface area contributed by atoms with Crippen molar-refractivity contribution in [2.75, 3.05) is 13.7 Å². The van der Waals surface area contributed by atoms with E-state index in [0.29, 0.717) is 36.2 Å². The fraction of sp³-hybridized carbons (Fsp3) is 0.217. The number of ether oxygens (including phenoxy) is 2. The Bertz CT molecular complexity index is 869. The van der Waals surface area contributed by atoms with Crippen molar-refractivity contribution >= 4 is 11.6 Å². The molecule has 1 atom stereocenters. The van der Waals surface area contributed by atoms with E-state index in [0.717, 1.165) is 16.7 Å². The average molecular weight is 398 g/mol. The summed E-state index contributed by atoms with van der Waals surface area (Å²) in [6.07, 6.45) is -0.537. The standard InChI is InChI=1S/C23H24ClNO3/c1-27-23-13-18(14-25-15-21(26)19-5-3-2-4-6-19)9-12-22(23)28-16-17-7-10-20(24)11-8-17/h2-13,21,25-26H,14-16H2,1H3/t21-/m0/s1. The Balaban J connectivity index is 1.54. The van der Waals surface area contributed by atoms with Gasteiger partial charge in [0.05, 0.1) is 13.2 Å². The van der Waals surface area contributed by atoms with Crippen LogP contribution in [0.5, 0.6) is 11.5 Å². The molecule has 0 fully saturated rings. The quantitative estimate of drug-likeness (QED) is 0.547. The fourth-order valence-corrected chi connectivity index (χ4v) is 2.96. The lowest BCUT2D eigenvalue weighted by molar-refractivity contribution is 0.174. The van der Waals surface area contributed by atoms with Gasteiger partial charge < -0.3 is 19.9 Å². The van der Waals surface area contributed by atoms with Crippen LogP contribution in [0, 0.1) is 0 Å². The maximum absolute atomic E-state index is 10.2. The topological polar surface area (TPSA) is 50.7 Å².